The van der Waals surface area contributed by atoms with Gasteiger partial charge in [-0.1, -0.05) is 0 Å². The van der Waals surface area contributed by atoms with Crippen molar-refractivity contribution in [2.24, 2.45) is 11.3 Å². The Morgan fingerprint density at radius 2 is 1.59 bits per heavy atom. The van der Waals surface area contributed by atoms with Crippen molar-refractivity contribution in [3.8, 4) is 0 Å². The lowest BCUT2D eigenvalue weighted by Crippen LogP contribution is -2.46. The Bertz CT molecular complexity index is 306. The fourth-order valence-electron chi connectivity index (χ4n) is 1.65. The molecule has 3 nitrogen and oxygen atoms in total. The van der Waals surface area contributed by atoms with E-state index in [-0.39, 0.29) is 5.41 Å². The zero-order valence-corrected chi connectivity index (χ0v) is 8.32. The molecule has 0 radical (unpaired) electrons. The third-order valence-electron chi connectivity index (χ3n) is 2.78. The molecule has 1 saturated heterocycles. The summed E-state index contributed by atoms with van der Waals surface area (Å²) in [6, 6.07) is 0. The zero-order valence-electron chi connectivity index (χ0n) is 8.32. The molecule has 0 amide bonds. The van der Waals surface area contributed by atoms with Gasteiger partial charge in [0.25, 0.3) is 0 Å². The largest absolute Gasteiger partial charge is 0.490 e. The van der Waals surface area contributed by atoms with Crippen molar-refractivity contribution in [2.45, 2.75) is 18.8 Å². The first-order chi connectivity index (χ1) is 7.49. The predicted octanol–water partition coefficient (Wildman–Crippen LogP) is 1.79. The molecule has 1 heterocycles. The summed E-state index contributed by atoms with van der Waals surface area (Å²) in [4.78, 5) is 8.90. The summed E-state index contributed by atoms with van der Waals surface area (Å²) < 4.78 is 67.5. The summed E-state index contributed by atoms with van der Waals surface area (Å²) in [6.45, 7) is 1.13. The fraction of sp³-hybridized carbons (Fsp3) is 0.875. The van der Waals surface area contributed by atoms with Crippen molar-refractivity contribution in [2.75, 3.05) is 13.1 Å². The van der Waals surface area contributed by atoms with Crippen LogP contribution in [0.5, 0.6) is 0 Å². The number of hydrogen-bond donors (Lipinski definition) is 2. The lowest BCUT2D eigenvalue weighted by Gasteiger charge is -2.28. The molecule has 0 aromatic heterocycles. The number of hydrogen-bond acceptors (Lipinski definition) is 2. The fourth-order valence-corrected chi connectivity index (χ4v) is 1.65. The normalized spacial score (nSPS) is 25.6. The van der Waals surface area contributed by atoms with Crippen molar-refractivity contribution >= 4 is 5.97 Å². The zero-order chi connectivity index (χ0) is 13.5. The molecule has 0 bridgehead atoms. The van der Waals surface area contributed by atoms with E-state index in [1.165, 1.54) is 0 Å². The maximum atomic E-state index is 11.9. The van der Waals surface area contributed by atoms with Gasteiger partial charge in [-0.25, -0.2) is 4.79 Å². The van der Waals surface area contributed by atoms with Crippen LogP contribution in [0.15, 0.2) is 0 Å². The van der Waals surface area contributed by atoms with Crippen LogP contribution >= 0.6 is 0 Å². The van der Waals surface area contributed by atoms with Gasteiger partial charge >= 0.3 is 18.3 Å². The third-order valence-corrected chi connectivity index (χ3v) is 2.78. The Kier molecular flexibility index (Phi) is 3.34. The van der Waals surface area contributed by atoms with Crippen molar-refractivity contribution in [3.63, 3.8) is 0 Å². The minimum Gasteiger partial charge on any atom is -0.475 e. The topological polar surface area (TPSA) is 49.3 Å². The lowest BCUT2D eigenvalue weighted by molar-refractivity contribution is -0.192. The molecule has 1 atom stereocenters. The summed E-state index contributed by atoms with van der Waals surface area (Å²) in [5.41, 5.74) is -0.363. The van der Waals surface area contributed by atoms with Gasteiger partial charge in [-0.15, -0.1) is 0 Å². The van der Waals surface area contributed by atoms with Gasteiger partial charge in [0.05, 0.1) is 5.92 Å². The molecule has 2 fully saturated rings. The monoisotopic (exact) mass is 265 g/mol. The van der Waals surface area contributed by atoms with Crippen LogP contribution in [-0.4, -0.2) is 36.5 Å². The number of aliphatic carboxylic acids is 1. The molecule has 17 heavy (non-hydrogen) atoms. The van der Waals surface area contributed by atoms with E-state index in [1.54, 1.807) is 0 Å². The number of carboxylic acids is 1. The van der Waals surface area contributed by atoms with Gasteiger partial charge < -0.3 is 10.4 Å². The second kappa shape index (κ2) is 4.04. The first-order valence-corrected chi connectivity index (χ1v) is 4.56. The minimum absolute atomic E-state index is 0.351. The second-order valence-electron chi connectivity index (χ2n) is 4.07. The van der Waals surface area contributed by atoms with Crippen LogP contribution in [0.3, 0.4) is 0 Å². The Morgan fingerprint density at radius 3 is 1.65 bits per heavy atom. The van der Waals surface area contributed by atoms with E-state index in [0.29, 0.717) is 19.5 Å². The molecule has 1 aliphatic heterocycles. The average Bonchev–Trinajstić information content (AvgIpc) is 2.74. The van der Waals surface area contributed by atoms with Crippen LogP contribution in [0.2, 0.25) is 0 Å². The van der Waals surface area contributed by atoms with Gasteiger partial charge in [-0.3, -0.25) is 0 Å². The van der Waals surface area contributed by atoms with Crippen LogP contribution in [0.4, 0.5) is 26.3 Å². The standard InChI is InChI=1S/C6H8F3N.C2HF3O2/c7-6(8,9)4-1-5(4)2-10-3-5;3-2(4,5)1(6)7/h4,10H,1-3H2;(H,6,7). The Labute approximate surface area is 91.8 Å². The quantitative estimate of drug-likeness (QED) is 0.656. The Morgan fingerprint density at radius 1 is 1.18 bits per heavy atom. The number of halogens is 6. The first kappa shape index (κ1) is 14.1. The number of rotatable bonds is 0. The van der Waals surface area contributed by atoms with E-state index in [0.717, 1.165) is 0 Å². The molecule has 1 unspecified atom stereocenters. The van der Waals surface area contributed by atoms with Gasteiger partial charge in [0, 0.05) is 18.5 Å². The maximum Gasteiger partial charge on any atom is 0.490 e. The highest BCUT2D eigenvalue weighted by Crippen LogP contribution is 2.62. The smallest absolute Gasteiger partial charge is 0.475 e. The number of alkyl halides is 6. The van der Waals surface area contributed by atoms with Crippen LogP contribution in [0.25, 0.3) is 0 Å². The first-order valence-electron chi connectivity index (χ1n) is 4.56. The molecule has 2 rings (SSSR count). The number of carboxylic acid groups (broad SMARTS) is 1. The van der Waals surface area contributed by atoms with Crippen LogP contribution < -0.4 is 5.32 Å². The highest BCUT2D eigenvalue weighted by Gasteiger charge is 2.68. The molecule has 100 valence electrons. The van der Waals surface area contributed by atoms with E-state index in [4.69, 9.17) is 9.90 Å². The Balaban J connectivity index is 0.000000185. The molecular formula is C8H9F6NO2. The van der Waals surface area contributed by atoms with E-state index in [1.807, 2.05) is 0 Å². The summed E-state index contributed by atoms with van der Waals surface area (Å²) >= 11 is 0. The highest BCUT2D eigenvalue weighted by molar-refractivity contribution is 5.73. The van der Waals surface area contributed by atoms with Gasteiger partial charge in [0.15, 0.2) is 0 Å². The van der Waals surface area contributed by atoms with Crippen LogP contribution in [0.1, 0.15) is 6.42 Å². The summed E-state index contributed by atoms with van der Waals surface area (Å²) in [6.07, 6.45) is -8.68. The highest BCUT2D eigenvalue weighted by atomic mass is 19.4. The van der Waals surface area contributed by atoms with Gasteiger partial charge in [-0.2, -0.15) is 26.3 Å². The minimum atomic E-state index is -5.08. The molecule has 1 aliphatic carbocycles. The average molecular weight is 265 g/mol. The maximum absolute atomic E-state index is 11.9. The van der Waals surface area contributed by atoms with Crippen LogP contribution in [0, 0.1) is 11.3 Å². The van der Waals surface area contributed by atoms with Crippen LogP contribution in [-0.2, 0) is 4.79 Å². The second-order valence-corrected chi connectivity index (χ2v) is 4.07. The lowest BCUT2D eigenvalue weighted by atomic mass is 9.97. The van der Waals surface area contributed by atoms with Crippen molar-refractivity contribution in [3.05, 3.63) is 0 Å². The molecule has 9 heteroatoms. The number of carbonyl (C=O) groups is 1. The van der Waals surface area contributed by atoms with Crippen molar-refractivity contribution in [1.82, 2.24) is 5.32 Å². The molecular weight excluding hydrogens is 256 g/mol. The van der Waals surface area contributed by atoms with E-state index >= 15 is 0 Å². The summed E-state index contributed by atoms with van der Waals surface area (Å²) in [7, 11) is 0. The Hall–Kier alpha value is -0.990. The van der Waals surface area contributed by atoms with Gasteiger partial charge in [0.1, 0.15) is 0 Å². The molecule has 0 aromatic carbocycles. The SMILES string of the molecule is FC(F)(F)C1CC12CNC2.O=C(O)C(F)(F)F. The number of nitrogens with one attached hydrogen (secondary N) is 1. The van der Waals surface area contributed by atoms with E-state index in [2.05, 4.69) is 5.32 Å². The van der Waals surface area contributed by atoms with E-state index in [9.17, 15) is 26.3 Å². The molecule has 1 spiro atoms. The molecule has 2 N–H and O–H groups in total. The third kappa shape index (κ3) is 3.24. The molecule has 0 aromatic rings. The van der Waals surface area contributed by atoms with E-state index < -0.39 is 24.2 Å². The molecule has 1 saturated carbocycles. The summed E-state index contributed by atoms with van der Waals surface area (Å²) in [5.74, 6) is -3.76. The summed E-state index contributed by atoms with van der Waals surface area (Å²) in [5, 5.41) is 9.99. The van der Waals surface area contributed by atoms with Crippen molar-refractivity contribution < 1.29 is 36.2 Å². The van der Waals surface area contributed by atoms with Gasteiger partial charge in [0.2, 0.25) is 0 Å². The molecule has 2 aliphatic rings. The van der Waals surface area contributed by atoms with Gasteiger partial charge in [-0.05, 0) is 6.42 Å². The predicted molar refractivity (Wildman–Crippen MR) is 43.2 cm³/mol. The van der Waals surface area contributed by atoms with Crippen molar-refractivity contribution in [1.29, 1.82) is 0 Å².